The van der Waals surface area contributed by atoms with E-state index in [1.54, 1.807) is 12.4 Å². The van der Waals surface area contributed by atoms with Gasteiger partial charge in [-0.1, -0.05) is 6.07 Å². The number of anilines is 2. The van der Waals surface area contributed by atoms with Crippen LogP contribution in [0, 0.1) is 13.8 Å². The fraction of sp³-hybridized carbons (Fsp3) is 0.368. The van der Waals surface area contributed by atoms with Gasteiger partial charge in [0.1, 0.15) is 0 Å². The molecule has 0 aliphatic heterocycles. The molecule has 0 bridgehead atoms. The van der Waals surface area contributed by atoms with Gasteiger partial charge in [-0.15, -0.1) is 0 Å². The molecular weight excluding hydrogens is 300 g/mol. The third kappa shape index (κ3) is 5.35. The van der Waals surface area contributed by atoms with Crippen LogP contribution in [0.25, 0.3) is 0 Å². The van der Waals surface area contributed by atoms with Gasteiger partial charge in [0, 0.05) is 24.6 Å². The maximum absolute atomic E-state index is 12.4. The first-order chi connectivity index (χ1) is 11.5. The molecule has 2 rings (SSSR count). The highest BCUT2D eigenvalue weighted by atomic mass is 16.1. The van der Waals surface area contributed by atoms with Crippen LogP contribution < -0.4 is 10.6 Å². The van der Waals surface area contributed by atoms with Crippen LogP contribution in [0.15, 0.2) is 36.7 Å². The standard InChI is InChI=1S/C19H26N4O/c1-14-6-7-17(10-15(14)2)22-19(24)16-11-18(13-20-12-16)21-8-5-9-23(3)4/h6-7,10-13,21H,5,8-9H2,1-4H3,(H,22,24). The van der Waals surface area contributed by atoms with Crippen LogP contribution in [0.4, 0.5) is 11.4 Å². The molecule has 0 saturated carbocycles. The van der Waals surface area contributed by atoms with Crippen LogP contribution in [0.1, 0.15) is 27.9 Å². The van der Waals surface area contributed by atoms with Crippen molar-refractivity contribution in [2.45, 2.75) is 20.3 Å². The van der Waals surface area contributed by atoms with Gasteiger partial charge in [0.25, 0.3) is 5.91 Å². The Labute approximate surface area is 144 Å². The maximum Gasteiger partial charge on any atom is 0.257 e. The summed E-state index contributed by atoms with van der Waals surface area (Å²) in [5.41, 5.74) is 4.57. The molecule has 0 aliphatic carbocycles. The molecule has 0 radical (unpaired) electrons. The van der Waals surface area contributed by atoms with E-state index in [1.807, 2.05) is 31.2 Å². The fourth-order valence-electron chi connectivity index (χ4n) is 2.31. The number of carbonyl (C=O) groups excluding carboxylic acids is 1. The zero-order valence-electron chi connectivity index (χ0n) is 14.9. The molecule has 0 spiro atoms. The number of pyridine rings is 1. The van der Waals surface area contributed by atoms with Crippen molar-refractivity contribution in [2.24, 2.45) is 0 Å². The van der Waals surface area contributed by atoms with E-state index in [4.69, 9.17) is 0 Å². The molecule has 1 aromatic heterocycles. The third-order valence-corrected chi connectivity index (χ3v) is 3.88. The number of hydrogen-bond acceptors (Lipinski definition) is 4. The van der Waals surface area contributed by atoms with Gasteiger partial charge in [-0.05, 0) is 70.2 Å². The van der Waals surface area contributed by atoms with Crippen LogP contribution in [0.2, 0.25) is 0 Å². The smallest absolute Gasteiger partial charge is 0.257 e. The van der Waals surface area contributed by atoms with Gasteiger partial charge < -0.3 is 15.5 Å². The van der Waals surface area contributed by atoms with Crippen LogP contribution in [-0.4, -0.2) is 43.0 Å². The van der Waals surface area contributed by atoms with Gasteiger partial charge in [-0.25, -0.2) is 0 Å². The fourth-order valence-corrected chi connectivity index (χ4v) is 2.31. The zero-order valence-corrected chi connectivity index (χ0v) is 14.9. The second-order valence-electron chi connectivity index (χ2n) is 6.30. The molecule has 1 heterocycles. The number of aryl methyl sites for hydroxylation is 2. The second kappa shape index (κ2) is 8.45. The minimum absolute atomic E-state index is 0.150. The molecule has 5 nitrogen and oxygen atoms in total. The predicted octanol–water partition coefficient (Wildman–Crippen LogP) is 3.31. The number of amides is 1. The summed E-state index contributed by atoms with van der Waals surface area (Å²) in [6.07, 6.45) is 4.36. The Hall–Kier alpha value is -2.40. The molecule has 24 heavy (non-hydrogen) atoms. The van der Waals surface area contributed by atoms with E-state index in [1.165, 1.54) is 5.56 Å². The SMILES string of the molecule is Cc1ccc(NC(=O)c2cncc(NCCCN(C)C)c2)cc1C. The Kier molecular flexibility index (Phi) is 6.32. The lowest BCUT2D eigenvalue weighted by Gasteiger charge is -2.11. The van der Waals surface area contributed by atoms with Crippen LogP contribution in [-0.2, 0) is 0 Å². The van der Waals surface area contributed by atoms with E-state index >= 15 is 0 Å². The van der Waals surface area contributed by atoms with E-state index in [-0.39, 0.29) is 5.91 Å². The maximum atomic E-state index is 12.4. The Morgan fingerprint density at radius 2 is 1.88 bits per heavy atom. The number of nitrogens with zero attached hydrogens (tertiary/aromatic N) is 2. The monoisotopic (exact) mass is 326 g/mol. The van der Waals surface area contributed by atoms with Crippen molar-refractivity contribution in [2.75, 3.05) is 37.8 Å². The molecule has 0 aliphatic rings. The molecule has 0 unspecified atom stereocenters. The first-order valence-corrected chi connectivity index (χ1v) is 8.18. The van der Waals surface area contributed by atoms with Crippen LogP contribution in [0.3, 0.4) is 0 Å². The van der Waals surface area contributed by atoms with Gasteiger partial charge in [-0.2, -0.15) is 0 Å². The quantitative estimate of drug-likeness (QED) is 0.767. The van der Waals surface area contributed by atoms with Crippen molar-refractivity contribution < 1.29 is 4.79 Å². The summed E-state index contributed by atoms with van der Waals surface area (Å²) in [7, 11) is 4.11. The van der Waals surface area contributed by atoms with Crippen molar-refractivity contribution in [1.82, 2.24) is 9.88 Å². The summed E-state index contributed by atoms with van der Waals surface area (Å²) < 4.78 is 0. The summed E-state index contributed by atoms with van der Waals surface area (Å²) in [5, 5.41) is 6.23. The first-order valence-electron chi connectivity index (χ1n) is 8.18. The Morgan fingerprint density at radius 1 is 1.08 bits per heavy atom. The average Bonchev–Trinajstić information content (AvgIpc) is 2.55. The Bertz CT molecular complexity index is 698. The van der Waals surface area contributed by atoms with Crippen molar-refractivity contribution in [3.63, 3.8) is 0 Å². The summed E-state index contributed by atoms with van der Waals surface area (Å²) in [5.74, 6) is -0.150. The molecule has 2 aromatic rings. The van der Waals surface area contributed by atoms with Crippen molar-refractivity contribution in [3.05, 3.63) is 53.3 Å². The molecule has 5 heteroatoms. The largest absolute Gasteiger partial charge is 0.384 e. The number of carbonyl (C=O) groups is 1. The summed E-state index contributed by atoms with van der Waals surface area (Å²) in [4.78, 5) is 18.7. The molecule has 2 N–H and O–H groups in total. The lowest BCUT2D eigenvalue weighted by Crippen LogP contribution is -2.17. The van der Waals surface area contributed by atoms with Crippen molar-refractivity contribution in [1.29, 1.82) is 0 Å². The summed E-state index contributed by atoms with van der Waals surface area (Å²) in [6.45, 7) is 5.95. The highest BCUT2D eigenvalue weighted by Crippen LogP contribution is 2.16. The number of benzene rings is 1. The summed E-state index contributed by atoms with van der Waals surface area (Å²) in [6, 6.07) is 7.73. The lowest BCUT2D eigenvalue weighted by atomic mass is 10.1. The lowest BCUT2D eigenvalue weighted by molar-refractivity contribution is 0.102. The van der Waals surface area contributed by atoms with E-state index in [0.717, 1.165) is 36.4 Å². The number of aromatic nitrogens is 1. The second-order valence-corrected chi connectivity index (χ2v) is 6.30. The van der Waals surface area contributed by atoms with Gasteiger partial charge in [0.15, 0.2) is 0 Å². The highest BCUT2D eigenvalue weighted by molar-refractivity contribution is 6.04. The van der Waals surface area contributed by atoms with E-state index in [9.17, 15) is 4.79 Å². The normalized spacial score (nSPS) is 10.7. The van der Waals surface area contributed by atoms with Crippen molar-refractivity contribution >= 4 is 17.3 Å². The van der Waals surface area contributed by atoms with E-state index in [2.05, 4.69) is 41.5 Å². The minimum Gasteiger partial charge on any atom is -0.384 e. The molecule has 0 saturated heterocycles. The van der Waals surface area contributed by atoms with Crippen LogP contribution >= 0.6 is 0 Å². The third-order valence-electron chi connectivity index (χ3n) is 3.88. The number of hydrogen-bond donors (Lipinski definition) is 2. The van der Waals surface area contributed by atoms with Crippen LogP contribution in [0.5, 0.6) is 0 Å². The van der Waals surface area contributed by atoms with Gasteiger partial charge in [-0.3, -0.25) is 9.78 Å². The molecule has 1 amide bonds. The Morgan fingerprint density at radius 3 is 2.58 bits per heavy atom. The highest BCUT2D eigenvalue weighted by Gasteiger charge is 2.08. The Balaban J connectivity index is 1.96. The first kappa shape index (κ1) is 17.9. The molecule has 0 atom stereocenters. The van der Waals surface area contributed by atoms with E-state index < -0.39 is 0 Å². The molecule has 128 valence electrons. The summed E-state index contributed by atoms with van der Waals surface area (Å²) >= 11 is 0. The number of rotatable bonds is 7. The average molecular weight is 326 g/mol. The molecular formula is C19H26N4O. The predicted molar refractivity (Wildman–Crippen MR) is 99.8 cm³/mol. The van der Waals surface area contributed by atoms with Gasteiger partial charge in [0.2, 0.25) is 0 Å². The van der Waals surface area contributed by atoms with E-state index in [0.29, 0.717) is 5.56 Å². The van der Waals surface area contributed by atoms with Gasteiger partial charge in [0.05, 0.1) is 11.3 Å². The topological polar surface area (TPSA) is 57.3 Å². The molecule has 1 aromatic carbocycles. The minimum atomic E-state index is -0.150. The zero-order chi connectivity index (χ0) is 17.5. The van der Waals surface area contributed by atoms with Crippen molar-refractivity contribution in [3.8, 4) is 0 Å². The number of nitrogens with one attached hydrogen (secondary N) is 2. The molecule has 0 fully saturated rings. The van der Waals surface area contributed by atoms with Gasteiger partial charge >= 0.3 is 0 Å².